The van der Waals surface area contributed by atoms with Crippen molar-refractivity contribution in [3.8, 4) is 0 Å². The maximum absolute atomic E-state index is 13.0. The van der Waals surface area contributed by atoms with Crippen molar-refractivity contribution in [3.63, 3.8) is 0 Å². The van der Waals surface area contributed by atoms with Crippen molar-refractivity contribution in [2.45, 2.75) is 65.8 Å². The monoisotopic (exact) mass is 344 g/mol. The summed E-state index contributed by atoms with van der Waals surface area (Å²) in [7, 11) is 0. The molecule has 1 fully saturated rings. The minimum absolute atomic E-state index is 0.199. The van der Waals surface area contributed by atoms with E-state index in [0.717, 1.165) is 30.5 Å². The van der Waals surface area contributed by atoms with Crippen molar-refractivity contribution >= 4 is 11.8 Å². The fraction of sp³-hybridized carbons (Fsp3) is 0.636. The molecule has 1 amide bonds. The molecule has 0 aromatic heterocycles. The fourth-order valence-corrected chi connectivity index (χ4v) is 3.91. The van der Waals surface area contributed by atoms with Gasteiger partial charge < -0.3 is 4.74 Å². The number of benzene rings is 1. The molecule has 1 aromatic carbocycles. The number of rotatable bonds is 6. The standard InChI is InChI=1S/C22H34NO2/c1-6-7-14-25-22(24)23(19-11-8-17(4)9-12-19)21-15-18(5)10-13-20(21)16(2)3/h8-9,11-12,16,18,20-21H,4,6-7,10,13-15H2,1-3,5H3. The second kappa shape index (κ2) is 9.26. The van der Waals surface area contributed by atoms with Crippen LogP contribution in [0.25, 0.3) is 0 Å². The second-order valence-corrected chi connectivity index (χ2v) is 7.90. The molecule has 1 aromatic rings. The third-order valence-corrected chi connectivity index (χ3v) is 5.45. The summed E-state index contributed by atoms with van der Waals surface area (Å²) in [6.45, 7) is 13.4. The van der Waals surface area contributed by atoms with Crippen LogP contribution in [0.3, 0.4) is 0 Å². The molecule has 0 N–H and O–H groups in total. The summed E-state index contributed by atoms with van der Waals surface area (Å²) in [6.07, 6.45) is 5.20. The van der Waals surface area contributed by atoms with Gasteiger partial charge in [0, 0.05) is 11.7 Å². The molecule has 0 saturated heterocycles. The Morgan fingerprint density at radius 1 is 1.28 bits per heavy atom. The normalized spacial score (nSPS) is 23.5. The molecule has 3 atom stereocenters. The summed E-state index contributed by atoms with van der Waals surface area (Å²) >= 11 is 0. The van der Waals surface area contributed by atoms with Crippen LogP contribution in [0, 0.1) is 24.7 Å². The van der Waals surface area contributed by atoms with E-state index in [9.17, 15) is 4.79 Å². The summed E-state index contributed by atoms with van der Waals surface area (Å²) in [6, 6.07) is 8.14. The van der Waals surface area contributed by atoms with Gasteiger partial charge in [-0.15, -0.1) is 0 Å². The first kappa shape index (κ1) is 19.8. The van der Waals surface area contributed by atoms with Crippen LogP contribution in [-0.4, -0.2) is 18.7 Å². The largest absolute Gasteiger partial charge is 0.449 e. The molecule has 0 spiro atoms. The smallest absolute Gasteiger partial charge is 0.414 e. The Morgan fingerprint density at radius 2 is 1.96 bits per heavy atom. The predicted octanol–water partition coefficient (Wildman–Crippen LogP) is 6.07. The number of ether oxygens (including phenoxy) is 1. The van der Waals surface area contributed by atoms with Crippen molar-refractivity contribution in [1.29, 1.82) is 0 Å². The average Bonchev–Trinajstić information content (AvgIpc) is 2.57. The Kier molecular flexibility index (Phi) is 7.34. The van der Waals surface area contributed by atoms with E-state index in [0.29, 0.717) is 24.4 Å². The number of anilines is 1. The fourth-order valence-electron chi connectivity index (χ4n) is 3.91. The zero-order valence-corrected chi connectivity index (χ0v) is 16.3. The number of unbranched alkanes of at least 4 members (excludes halogenated alkanes) is 1. The van der Waals surface area contributed by atoms with Gasteiger partial charge in [-0.1, -0.05) is 52.7 Å². The summed E-state index contributed by atoms with van der Waals surface area (Å²) in [5.74, 6) is 1.70. The highest BCUT2D eigenvalue weighted by molar-refractivity contribution is 5.88. The van der Waals surface area contributed by atoms with Crippen molar-refractivity contribution in [2.24, 2.45) is 17.8 Å². The molecule has 25 heavy (non-hydrogen) atoms. The van der Waals surface area contributed by atoms with Gasteiger partial charge in [0.25, 0.3) is 0 Å². The van der Waals surface area contributed by atoms with Crippen LogP contribution in [0.4, 0.5) is 10.5 Å². The number of carbonyl (C=O) groups is 1. The van der Waals surface area contributed by atoms with Crippen LogP contribution in [0.15, 0.2) is 24.3 Å². The van der Waals surface area contributed by atoms with E-state index in [-0.39, 0.29) is 12.1 Å². The van der Waals surface area contributed by atoms with Crippen molar-refractivity contribution in [1.82, 2.24) is 0 Å². The minimum atomic E-state index is -0.199. The molecule has 1 aliphatic rings. The van der Waals surface area contributed by atoms with E-state index in [1.165, 1.54) is 12.8 Å². The van der Waals surface area contributed by atoms with Gasteiger partial charge in [-0.2, -0.15) is 0 Å². The maximum atomic E-state index is 13.0. The minimum Gasteiger partial charge on any atom is -0.449 e. The summed E-state index contributed by atoms with van der Waals surface area (Å²) in [5, 5.41) is 0. The summed E-state index contributed by atoms with van der Waals surface area (Å²) in [4.78, 5) is 14.9. The topological polar surface area (TPSA) is 29.5 Å². The molecule has 0 aliphatic heterocycles. The van der Waals surface area contributed by atoms with Gasteiger partial charge in [-0.05, 0) is 61.6 Å². The lowest BCUT2D eigenvalue weighted by atomic mass is 9.73. The zero-order chi connectivity index (χ0) is 18.4. The lowest BCUT2D eigenvalue weighted by molar-refractivity contribution is 0.133. The zero-order valence-electron chi connectivity index (χ0n) is 16.3. The predicted molar refractivity (Wildman–Crippen MR) is 105 cm³/mol. The Bertz CT molecular complexity index is 537. The number of carbonyl (C=O) groups excluding carboxylic acids is 1. The number of nitrogens with zero attached hydrogens (tertiary/aromatic N) is 1. The van der Waals surface area contributed by atoms with Gasteiger partial charge >= 0.3 is 6.09 Å². The highest BCUT2D eigenvalue weighted by Crippen LogP contribution is 2.38. The Labute approximate surface area is 153 Å². The highest BCUT2D eigenvalue weighted by atomic mass is 16.6. The SMILES string of the molecule is [CH2]c1ccc(N(C(=O)OCCCC)C2CC(C)CCC2C(C)C)cc1. The third-order valence-electron chi connectivity index (χ3n) is 5.45. The van der Waals surface area contributed by atoms with Crippen LogP contribution >= 0.6 is 0 Å². The number of amides is 1. The van der Waals surface area contributed by atoms with Crippen LogP contribution in [-0.2, 0) is 4.74 Å². The molecule has 1 saturated carbocycles. The average molecular weight is 345 g/mol. The third kappa shape index (κ3) is 5.23. The molecule has 139 valence electrons. The molecular formula is C22H34NO2. The van der Waals surface area contributed by atoms with E-state index in [1.54, 1.807) is 0 Å². The Balaban J connectivity index is 2.31. The van der Waals surface area contributed by atoms with Crippen LogP contribution < -0.4 is 4.90 Å². The van der Waals surface area contributed by atoms with Gasteiger partial charge in [-0.3, -0.25) is 4.90 Å². The van der Waals surface area contributed by atoms with E-state index in [2.05, 4.69) is 34.6 Å². The van der Waals surface area contributed by atoms with Gasteiger partial charge in [0.1, 0.15) is 0 Å². The lowest BCUT2D eigenvalue weighted by Crippen LogP contribution is -2.49. The Morgan fingerprint density at radius 3 is 2.56 bits per heavy atom. The van der Waals surface area contributed by atoms with Crippen molar-refractivity contribution in [2.75, 3.05) is 11.5 Å². The molecule has 3 unspecified atom stereocenters. The molecule has 1 radical (unpaired) electrons. The quantitative estimate of drug-likeness (QED) is 0.586. The molecule has 3 nitrogen and oxygen atoms in total. The first-order valence-corrected chi connectivity index (χ1v) is 9.82. The van der Waals surface area contributed by atoms with Crippen molar-refractivity contribution < 1.29 is 9.53 Å². The molecular weight excluding hydrogens is 310 g/mol. The first-order valence-electron chi connectivity index (χ1n) is 9.82. The van der Waals surface area contributed by atoms with Crippen LogP contribution in [0.5, 0.6) is 0 Å². The highest BCUT2D eigenvalue weighted by Gasteiger charge is 2.38. The maximum Gasteiger partial charge on any atom is 0.414 e. The van der Waals surface area contributed by atoms with Gasteiger partial charge in [-0.25, -0.2) is 4.79 Å². The van der Waals surface area contributed by atoms with Gasteiger partial charge in [0.05, 0.1) is 6.61 Å². The van der Waals surface area contributed by atoms with Crippen LogP contribution in [0.1, 0.15) is 65.4 Å². The molecule has 2 rings (SSSR count). The van der Waals surface area contributed by atoms with Gasteiger partial charge in [0.2, 0.25) is 0 Å². The number of hydrogen-bond acceptors (Lipinski definition) is 2. The van der Waals surface area contributed by atoms with E-state index >= 15 is 0 Å². The van der Waals surface area contributed by atoms with E-state index in [1.807, 2.05) is 29.2 Å². The van der Waals surface area contributed by atoms with E-state index < -0.39 is 0 Å². The summed E-state index contributed by atoms with van der Waals surface area (Å²) in [5.41, 5.74) is 1.89. The van der Waals surface area contributed by atoms with E-state index in [4.69, 9.17) is 4.74 Å². The van der Waals surface area contributed by atoms with Gasteiger partial charge in [0.15, 0.2) is 0 Å². The lowest BCUT2D eigenvalue weighted by Gasteiger charge is -2.43. The Hall–Kier alpha value is -1.51. The number of hydrogen-bond donors (Lipinski definition) is 0. The molecule has 0 heterocycles. The van der Waals surface area contributed by atoms with Crippen molar-refractivity contribution in [3.05, 3.63) is 36.8 Å². The summed E-state index contributed by atoms with van der Waals surface area (Å²) < 4.78 is 5.62. The first-order chi connectivity index (χ1) is 11.9. The van der Waals surface area contributed by atoms with Crippen LogP contribution in [0.2, 0.25) is 0 Å². The molecule has 3 heteroatoms. The molecule has 1 aliphatic carbocycles. The second-order valence-electron chi connectivity index (χ2n) is 7.90. The molecule has 0 bridgehead atoms.